The van der Waals surface area contributed by atoms with E-state index in [-0.39, 0.29) is 5.75 Å². The van der Waals surface area contributed by atoms with Gasteiger partial charge in [-0.3, -0.25) is 0 Å². The number of hydrogen-bond acceptors (Lipinski definition) is 3. The van der Waals surface area contributed by atoms with Crippen molar-refractivity contribution in [2.75, 3.05) is 20.7 Å². The molecule has 2 atom stereocenters. The first-order chi connectivity index (χ1) is 10.6. The number of rotatable bonds is 5. The Morgan fingerprint density at radius 1 is 1.43 bits per heavy atom. The Bertz CT molecular complexity index is 551. The summed E-state index contributed by atoms with van der Waals surface area (Å²) >= 11 is 0. The number of ether oxygens (including phenoxy) is 1. The third kappa shape index (κ3) is 5.27. The van der Waals surface area contributed by atoms with Crippen LogP contribution in [0.25, 0.3) is 0 Å². The van der Waals surface area contributed by atoms with Crippen molar-refractivity contribution < 1.29 is 32.2 Å². The van der Waals surface area contributed by atoms with Gasteiger partial charge in [-0.1, -0.05) is 6.07 Å². The van der Waals surface area contributed by atoms with Crippen molar-refractivity contribution in [3.05, 3.63) is 29.6 Å². The van der Waals surface area contributed by atoms with Crippen LogP contribution in [0, 0.1) is 5.82 Å². The summed E-state index contributed by atoms with van der Waals surface area (Å²) in [6.07, 6.45) is -7.43. The SMILES string of the molecule is COc1cc([C@H](C)NC(=O)N(C)C[C@@H](O)C(F)(F)F)ccc1F. The summed E-state index contributed by atoms with van der Waals surface area (Å²) in [6.45, 7) is 0.688. The fraction of sp³-hybridized carbons (Fsp3) is 0.500. The van der Waals surface area contributed by atoms with Crippen LogP contribution in [-0.2, 0) is 0 Å². The number of benzene rings is 1. The predicted molar refractivity (Wildman–Crippen MR) is 74.6 cm³/mol. The smallest absolute Gasteiger partial charge is 0.416 e. The highest BCUT2D eigenvalue weighted by atomic mass is 19.4. The number of carbonyl (C=O) groups is 1. The summed E-state index contributed by atoms with van der Waals surface area (Å²) in [5, 5.41) is 11.4. The molecule has 0 aliphatic heterocycles. The number of likely N-dealkylation sites (N-methyl/N-ethyl adjacent to an activating group) is 1. The molecule has 0 fully saturated rings. The van der Waals surface area contributed by atoms with Crippen LogP contribution in [0.3, 0.4) is 0 Å². The number of nitrogens with zero attached hydrogens (tertiary/aromatic N) is 1. The third-order valence-electron chi connectivity index (χ3n) is 3.19. The van der Waals surface area contributed by atoms with Gasteiger partial charge in [-0.15, -0.1) is 0 Å². The summed E-state index contributed by atoms with van der Waals surface area (Å²) in [7, 11) is 2.42. The maximum atomic E-state index is 13.3. The first kappa shape index (κ1) is 19.0. The fourth-order valence-electron chi connectivity index (χ4n) is 1.77. The van der Waals surface area contributed by atoms with Crippen LogP contribution in [-0.4, -0.2) is 49.0 Å². The molecule has 0 saturated heterocycles. The van der Waals surface area contributed by atoms with E-state index in [1.807, 2.05) is 0 Å². The number of hydrogen-bond donors (Lipinski definition) is 2. The number of methoxy groups -OCH3 is 1. The Hall–Kier alpha value is -2.03. The van der Waals surface area contributed by atoms with Gasteiger partial charge in [-0.05, 0) is 24.6 Å². The fourth-order valence-corrected chi connectivity index (χ4v) is 1.77. The Balaban J connectivity index is 2.69. The molecule has 23 heavy (non-hydrogen) atoms. The van der Waals surface area contributed by atoms with Crippen molar-refractivity contribution in [1.82, 2.24) is 10.2 Å². The minimum Gasteiger partial charge on any atom is -0.494 e. The van der Waals surface area contributed by atoms with Crippen LogP contribution >= 0.6 is 0 Å². The predicted octanol–water partition coefficient (Wildman–Crippen LogP) is 2.46. The number of nitrogens with one attached hydrogen (secondary N) is 1. The molecule has 1 aromatic carbocycles. The summed E-state index contributed by atoms with van der Waals surface area (Å²) in [5.74, 6) is -0.579. The van der Waals surface area contributed by atoms with E-state index < -0.39 is 36.7 Å². The lowest BCUT2D eigenvalue weighted by atomic mass is 10.1. The molecule has 1 rings (SSSR count). The number of alkyl halides is 3. The van der Waals surface area contributed by atoms with Gasteiger partial charge >= 0.3 is 12.2 Å². The second kappa shape index (κ2) is 7.49. The first-order valence-corrected chi connectivity index (χ1v) is 6.66. The van der Waals surface area contributed by atoms with Crippen LogP contribution in [0.15, 0.2) is 18.2 Å². The van der Waals surface area contributed by atoms with Crippen molar-refractivity contribution in [3.8, 4) is 5.75 Å². The van der Waals surface area contributed by atoms with E-state index in [0.29, 0.717) is 5.56 Å². The summed E-state index contributed by atoms with van der Waals surface area (Å²) < 4.78 is 54.9. The second-order valence-corrected chi connectivity index (χ2v) is 5.00. The minimum atomic E-state index is -4.80. The number of carbonyl (C=O) groups excluding carboxylic acids is 1. The van der Waals surface area contributed by atoms with E-state index in [1.165, 1.54) is 19.2 Å². The highest BCUT2D eigenvalue weighted by Crippen LogP contribution is 2.23. The minimum absolute atomic E-state index is 0.00977. The number of amides is 2. The van der Waals surface area contributed by atoms with E-state index >= 15 is 0 Å². The van der Waals surface area contributed by atoms with Crippen LogP contribution in [0.2, 0.25) is 0 Å². The average molecular weight is 338 g/mol. The van der Waals surface area contributed by atoms with E-state index in [2.05, 4.69) is 5.32 Å². The Morgan fingerprint density at radius 2 is 2.04 bits per heavy atom. The van der Waals surface area contributed by atoms with Gasteiger partial charge in [0.2, 0.25) is 0 Å². The van der Waals surface area contributed by atoms with E-state index in [4.69, 9.17) is 9.84 Å². The second-order valence-electron chi connectivity index (χ2n) is 5.00. The zero-order valence-electron chi connectivity index (χ0n) is 12.8. The molecule has 0 saturated carbocycles. The highest BCUT2D eigenvalue weighted by Gasteiger charge is 2.39. The zero-order chi connectivity index (χ0) is 17.8. The zero-order valence-corrected chi connectivity index (χ0v) is 12.8. The normalized spacial score (nSPS) is 14.1. The average Bonchev–Trinajstić information content (AvgIpc) is 2.46. The molecule has 0 spiro atoms. The van der Waals surface area contributed by atoms with Gasteiger partial charge in [-0.2, -0.15) is 13.2 Å². The molecule has 0 bridgehead atoms. The van der Waals surface area contributed by atoms with Gasteiger partial charge < -0.3 is 20.1 Å². The van der Waals surface area contributed by atoms with Gasteiger partial charge in [-0.25, -0.2) is 9.18 Å². The maximum absolute atomic E-state index is 13.3. The topological polar surface area (TPSA) is 61.8 Å². The lowest BCUT2D eigenvalue weighted by molar-refractivity contribution is -0.205. The molecule has 0 radical (unpaired) electrons. The number of aliphatic hydroxyl groups is 1. The molecule has 130 valence electrons. The number of urea groups is 1. The van der Waals surface area contributed by atoms with Crippen LogP contribution < -0.4 is 10.1 Å². The van der Waals surface area contributed by atoms with Crippen molar-refractivity contribution in [2.45, 2.75) is 25.2 Å². The first-order valence-electron chi connectivity index (χ1n) is 6.66. The van der Waals surface area contributed by atoms with E-state index in [0.717, 1.165) is 18.0 Å². The third-order valence-corrected chi connectivity index (χ3v) is 3.19. The lowest BCUT2D eigenvalue weighted by Gasteiger charge is -2.24. The standard InChI is InChI=1S/C14H18F4N2O3/c1-8(9-4-5-10(15)11(6-9)23-3)19-13(22)20(2)7-12(21)14(16,17)18/h4-6,8,12,21H,7H2,1-3H3,(H,19,22)/t8-,12+/m0/s1. The molecule has 0 aromatic heterocycles. The molecular weight excluding hydrogens is 320 g/mol. The molecule has 0 aliphatic carbocycles. The molecule has 9 heteroatoms. The quantitative estimate of drug-likeness (QED) is 0.811. The summed E-state index contributed by atoms with van der Waals surface area (Å²) in [5.41, 5.74) is 0.515. The van der Waals surface area contributed by atoms with Gasteiger partial charge in [0.25, 0.3) is 0 Å². The van der Waals surface area contributed by atoms with Gasteiger partial charge in [0.15, 0.2) is 17.7 Å². The van der Waals surface area contributed by atoms with Gasteiger partial charge in [0.05, 0.1) is 19.7 Å². The molecule has 2 amide bonds. The molecule has 5 nitrogen and oxygen atoms in total. The highest BCUT2D eigenvalue weighted by molar-refractivity contribution is 5.74. The van der Waals surface area contributed by atoms with Gasteiger partial charge in [0, 0.05) is 7.05 Å². The van der Waals surface area contributed by atoms with Crippen LogP contribution in [0.4, 0.5) is 22.4 Å². The van der Waals surface area contributed by atoms with Crippen molar-refractivity contribution in [2.24, 2.45) is 0 Å². The monoisotopic (exact) mass is 338 g/mol. The van der Waals surface area contributed by atoms with E-state index in [9.17, 15) is 22.4 Å². The van der Waals surface area contributed by atoms with Crippen LogP contribution in [0.1, 0.15) is 18.5 Å². The van der Waals surface area contributed by atoms with E-state index in [1.54, 1.807) is 6.92 Å². The van der Waals surface area contributed by atoms with Gasteiger partial charge in [0.1, 0.15) is 0 Å². The number of aliphatic hydroxyl groups excluding tert-OH is 1. The lowest BCUT2D eigenvalue weighted by Crippen LogP contribution is -2.46. The van der Waals surface area contributed by atoms with Crippen molar-refractivity contribution >= 4 is 6.03 Å². The molecule has 2 N–H and O–H groups in total. The van der Waals surface area contributed by atoms with Crippen molar-refractivity contribution in [1.29, 1.82) is 0 Å². The molecule has 0 aliphatic rings. The Labute approximate surface area is 130 Å². The molecule has 0 heterocycles. The molecular formula is C14H18F4N2O3. The number of halogens is 4. The summed E-state index contributed by atoms with van der Waals surface area (Å²) in [6, 6.07) is 2.57. The molecule has 0 unspecified atom stereocenters. The molecule has 1 aromatic rings. The van der Waals surface area contributed by atoms with Crippen molar-refractivity contribution in [3.63, 3.8) is 0 Å². The largest absolute Gasteiger partial charge is 0.494 e. The maximum Gasteiger partial charge on any atom is 0.416 e. The van der Waals surface area contributed by atoms with Crippen LogP contribution in [0.5, 0.6) is 5.75 Å². The Kier molecular flexibility index (Phi) is 6.20. The Morgan fingerprint density at radius 3 is 2.57 bits per heavy atom. The summed E-state index contributed by atoms with van der Waals surface area (Å²) in [4.78, 5) is 12.6.